The summed E-state index contributed by atoms with van der Waals surface area (Å²) < 4.78 is 45.0. The molecule has 1 aliphatic carbocycles. The first-order valence-corrected chi connectivity index (χ1v) is 10.4. The van der Waals surface area contributed by atoms with Gasteiger partial charge in [-0.05, 0) is 49.8 Å². The van der Waals surface area contributed by atoms with Crippen LogP contribution >= 0.6 is 0 Å². The highest BCUT2D eigenvalue weighted by Crippen LogP contribution is 2.35. The van der Waals surface area contributed by atoms with E-state index in [0.717, 1.165) is 44.5 Å². The highest BCUT2D eigenvalue weighted by atomic mass is 19.2. The first-order valence-electron chi connectivity index (χ1n) is 10.4. The third-order valence-electron chi connectivity index (χ3n) is 5.47. The minimum Gasteiger partial charge on any atom is -0.498 e. The summed E-state index contributed by atoms with van der Waals surface area (Å²) >= 11 is 0. The molecule has 0 aromatic rings. The maximum absolute atomic E-state index is 14.3. The van der Waals surface area contributed by atoms with E-state index in [4.69, 9.17) is 14.2 Å². The number of ether oxygens (including phenoxy) is 3. The first kappa shape index (κ1) is 22.7. The van der Waals surface area contributed by atoms with Gasteiger partial charge in [0.25, 0.3) is 0 Å². The van der Waals surface area contributed by atoms with Crippen molar-refractivity contribution in [2.75, 3.05) is 20.3 Å². The molecule has 0 saturated carbocycles. The largest absolute Gasteiger partial charge is 0.498 e. The number of halogens is 2. The molecule has 1 fully saturated rings. The van der Waals surface area contributed by atoms with Crippen molar-refractivity contribution in [2.24, 2.45) is 5.92 Å². The van der Waals surface area contributed by atoms with Gasteiger partial charge in [-0.2, -0.15) is 0 Å². The van der Waals surface area contributed by atoms with E-state index in [1.54, 1.807) is 6.92 Å². The normalized spacial score (nSPS) is 24.6. The Morgan fingerprint density at radius 2 is 1.93 bits per heavy atom. The van der Waals surface area contributed by atoms with Gasteiger partial charge >= 0.3 is 0 Å². The van der Waals surface area contributed by atoms with Crippen LogP contribution in [0.15, 0.2) is 46.5 Å². The Labute approximate surface area is 168 Å². The van der Waals surface area contributed by atoms with Crippen LogP contribution in [0, 0.1) is 5.92 Å². The van der Waals surface area contributed by atoms with E-state index in [9.17, 15) is 8.78 Å². The molecule has 3 nitrogen and oxygen atoms in total. The van der Waals surface area contributed by atoms with Crippen molar-refractivity contribution in [3.63, 3.8) is 0 Å². The first-order chi connectivity index (χ1) is 13.5. The van der Waals surface area contributed by atoms with Crippen LogP contribution in [0.5, 0.6) is 0 Å². The van der Waals surface area contributed by atoms with Crippen molar-refractivity contribution < 1.29 is 23.0 Å². The molecule has 158 valence electrons. The molecule has 5 heteroatoms. The van der Waals surface area contributed by atoms with E-state index >= 15 is 0 Å². The molecule has 0 aromatic heterocycles. The molecule has 1 heterocycles. The minimum atomic E-state index is -0.883. The van der Waals surface area contributed by atoms with Crippen molar-refractivity contribution >= 4 is 0 Å². The summed E-state index contributed by atoms with van der Waals surface area (Å²) in [6.45, 7) is 7.39. The molecule has 28 heavy (non-hydrogen) atoms. The average Bonchev–Trinajstić information content (AvgIpc) is 2.71. The minimum absolute atomic E-state index is 0.0815. The molecule has 0 N–H and O–H groups in total. The van der Waals surface area contributed by atoms with Crippen molar-refractivity contribution in [3.05, 3.63) is 46.5 Å². The molecule has 2 rings (SSSR count). The summed E-state index contributed by atoms with van der Waals surface area (Å²) in [4.78, 5) is 0. The Bertz CT molecular complexity index is 638. The molecule has 0 amide bonds. The number of hydrogen-bond donors (Lipinski definition) is 0. The molecule has 2 unspecified atom stereocenters. The smallest absolute Gasteiger partial charge is 0.196 e. The Morgan fingerprint density at radius 1 is 1.14 bits per heavy atom. The third kappa shape index (κ3) is 6.20. The van der Waals surface area contributed by atoms with Gasteiger partial charge < -0.3 is 14.2 Å². The molecule has 1 aliphatic heterocycles. The van der Waals surface area contributed by atoms with Gasteiger partial charge in [0.2, 0.25) is 0 Å². The van der Waals surface area contributed by atoms with Crippen LogP contribution in [0.1, 0.15) is 65.7 Å². The second kappa shape index (κ2) is 11.4. The van der Waals surface area contributed by atoms with Crippen LogP contribution < -0.4 is 0 Å². The van der Waals surface area contributed by atoms with E-state index in [1.165, 1.54) is 7.11 Å². The fourth-order valence-electron chi connectivity index (χ4n) is 3.63. The van der Waals surface area contributed by atoms with Gasteiger partial charge in [-0.25, -0.2) is 8.78 Å². The van der Waals surface area contributed by atoms with Crippen LogP contribution in [0.25, 0.3) is 0 Å². The topological polar surface area (TPSA) is 27.7 Å². The maximum Gasteiger partial charge on any atom is 0.196 e. The second-order valence-electron chi connectivity index (χ2n) is 7.57. The van der Waals surface area contributed by atoms with Crippen LogP contribution in [-0.4, -0.2) is 26.4 Å². The van der Waals surface area contributed by atoms with Gasteiger partial charge in [0.1, 0.15) is 5.76 Å². The Kier molecular flexibility index (Phi) is 9.23. The maximum atomic E-state index is 14.3. The molecule has 2 aliphatic rings. The summed E-state index contributed by atoms with van der Waals surface area (Å²) in [5.41, 5.74) is 1.11. The Balaban J connectivity index is 1.93. The number of allylic oxidation sites excluding steroid dienone is 8. The molecule has 1 saturated heterocycles. The quantitative estimate of drug-likeness (QED) is 0.321. The van der Waals surface area contributed by atoms with E-state index in [1.807, 2.05) is 19.1 Å². The van der Waals surface area contributed by atoms with Gasteiger partial charge in [0.15, 0.2) is 11.7 Å². The number of methoxy groups -OCH3 is 1. The predicted octanol–water partition coefficient (Wildman–Crippen LogP) is 6.68. The Morgan fingerprint density at radius 3 is 2.54 bits per heavy atom. The van der Waals surface area contributed by atoms with E-state index in [-0.39, 0.29) is 5.76 Å². The fourth-order valence-corrected chi connectivity index (χ4v) is 3.63. The van der Waals surface area contributed by atoms with Crippen LogP contribution in [0.2, 0.25) is 0 Å². The average molecular weight is 397 g/mol. The predicted molar refractivity (Wildman–Crippen MR) is 108 cm³/mol. The lowest BCUT2D eigenvalue weighted by atomic mass is 9.95. The lowest BCUT2D eigenvalue weighted by Gasteiger charge is -2.29. The van der Waals surface area contributed by atoms with Crippen LogP contribution in [-0.2, 0) is 14.2 Å². The molecular weight excluding hydrogens is 362 g/mol. The highest BCUT2D eigenvalue weighted by molar-refractivity contribution is 5.43. The monoisotopic (exact) mass is 396 g/mol. The number of rotatable bonds is 9. The summed E-state index contributed by atoms with van der Waals surface area (Å²) in [5.74, 6) is -0.354. The Hall–Kier alpha value is -1.62. The van der Waals surface area contributed by atoms with Gasteiger partial charge in [-0.15, -0.1) is 0 Å². The zero-order valence-electron chi connectivity index (χ0n) is 17.7. The standard InChI is InChI=1S/C23H34F2O3/c1-5-7-19-11-9-17(15-28-19)14-27-18(6-2)10-8-16(3)20-12-13-21(26-4)23(25)22(20)24/h8,10,17,19H,5-7,9,11-15H2,1-4H3/b16-8+,18-10+. The fraction of sp³-hybridized carbons (Fsp3) is 0.652. The van der Waals surface area contributed by atoms with E-state index in [2.05, 4.69) is 6.92 Å². The van der Waals surface area contributed by atoms with Crippen LogP contribution in [0.4, 0.5) is 8.78 Å². The van der Waals surface area contributed by atoms with Gasteiger partial charge in [0.05, 0.1) is 32.2 Å². The zero-order chi connectivity index (χ0) is 20.5. The molecule has 0 aromatic carbocycles. The lowest BCUT2D eigenvalue weighted by molar-refractivity contribution is -0.0377. The zero-order valence-corrected chi connectivity index (χ0v) is 17.7. The second-order valence-corrected chi connectivity index (χ2v) is 7.57. The van der Waals surface area contributed by atoms with Gasteiger partial charge in [0, 0.05) is 18.8 Å². The molecule has 0 bridgehead atoms. The lowest BCUT2D eigenvalue weighted by Crippen LogP contribution is -2.28. The summed E-state index contributed by atoms with van der Waals surface area (Å²) in [6.07, 6.45) is 10.1. The molecule has 0 spiro atoms. The summed E-state index contributed by atoms with van der Waals surface area (Å²) in [6, 6.07) is 0. The van der Waals surface area contributed by atoms with Gasteiger partial charge in [-0.3, -0.25) is 0 Å². The van der Waals surface area contributed by atoms with E-state index < -0.39 is 11.7 Å². The molecule has 0 radical (unpaired) electrons. The highest BCUT2D eigenvalue weighted by Gasteiger charge is 2.24. The van der Waals surface area contributed by atoms with Gasteiger partial charge in [-0.1, -0.05) is 26.3 Å². The van der Waals surface area contributed by atoms with Crippen molar-refractivity contribution in [3.8, 4) is 0 Å². The summed E-state index contributed by atoms with van der Waals surface area (Å²) in [7, 11) is 1.37. The van der Waals surface area contributed by atoms with Crippen LogP contribution in [0.3, 0.4) is 0 Å². The van der Waals surface area contributed by atoms with E-state index in [0.29, 0.717) is 42.6 Å². The van der Waals surface area contributed by atoms with Crippen molar-refractivity contribution in [1.29, 1.82) is 0 Å². The molecule has 2 atom stereocenters. The summed E-state index contributed by atoms with van der Waals surface area (Å²) in [5, 5.41) is 0. The third-order valence-corrected chi connectivity index (χ3v) is 5.47. The van der Waals surface area contributed by atoms with Crippen molar-refractivity contribution in [1.82, 2.24) is 0 Å². The SMILES string of the molecule is CCCC1CCC(CO/C(=C/C=C(\C)C2=C(F)C(F)=C(OC)CC2)CC)CO1. The number of hydrogen-bond acceptors (Lipinski definition) is 3. The molecular formula is C23H34F2O3. The van der Waals surface area contributed by atoms with Crippen molar-refractivity contribution in [2.45, 2.75) is 71.8 Å².